The predicted molar refractivity (Wildman–Crippen MR) is 73.6 cm³/mol. The van der Waals surface area contributed by atoms with Gasteiger partial charge in [-0.3, -0.25) is 0 Å². The van der Waals surface area contributed by atoms with E-state index in [-0.39, 0.29) is 6.17 Å². The van der Waals surface area contributed by atoms with E-state index in [1.54, 1.807) is 0 Å². The number of nitrogens with zero attached hydrogens (tertiary/aromatic N) is 2. The Morgan fingerprint density at radius 1 is 1.44 bits per heavy atom. The molecule has 2 heterocycles. The molecule has 3 rings (SSSR count). The third-order valence-electron chi connectivity index (χ3n) is 3.48. The van der Waals surface area contributed by atoms with Gasteiger partial charge in [0.15, 0.2) is 5.15 Å². The number of nitrogens with two attached hydrogens (primary N) is 1. The molecule has 1 atom stereocenters. The van der Waals surface area contributed by atoms with E-state index in [0.717, 1.165) is 36.3 Å². The maximum absolute atomic E-state index is 6.23. The van der Waals surface area contributed by atoms with Crippen molar-refractivity contribution in [1.82, 2.24) is 9.55 Å². The van der Waals surface area contributed by atoms with Crippen LogP contribution in [0.15, 0.2) is 24.3 Å². The fourth-order valence-corrected chi connectivity index (χ4v) is 2.88. The Balaban J connectivity index is 2.18. The average molecular weight is 262 g/mol. The third kappa shape index (κ3) is 1.84. The number of rotatable bonds is 1. The first-order chi connectivity index (χ1) is 8.66. The van der Waals surface area contributed by atoms with Crippen LogP contribution in [-0.2, 0) is 6.42 Å². The van der Waals surface area contributed by atoms with Gasteiger partial charge in [-0.05, 0) is 32.3 Å². The highest BCUT2D eigenvalue weighted by Crippen LogP contribution is 2.33. The van der Waals surface area contributed by atoms with E-state index in [1.807, 2.05) is 6.07 Å². The van der Waals surface area contributed by atoms with Crippen molar-refractivity contribution in [3.8, 4) is 11.4 Å². The average Bonchev–Trinajstić information content (AvgIpc) is 2.69. The van der Waals surface area contributed by atoms with Crippen LogP contribution >= 0.6 is 11.6 Å². The summed E-state index contributed by atoms with van der Waals surface area (Å²) in [6.45, 7) is 2.07. The Labute approximate surface area is 112 Å². The quantitative estimate of drug-likeness (QED) is 0.856. The smallest absolute Gasteiger partial charge is 0.151 e. The van der Waals surface area contributed by atoms with Gasteiger partial charge in [0.2, 0.25) is 0 Å². The Morgan fingerprint density at radius 2 is 2.28 bits per heavy atom. The van der Waals surface area contributed by atoms with E-state index in [1.165, 1.54) is 5.56 Å². The van der Waals surface area contributed by atoms with Crippen molar-refractivity contribution in [2.45, 2.75) is 32.4 Å². The molecule has 0 spiro atoms. The zero-order valence-electron chi connectivity index (χ0n) is 10.4. The summed E-state index contributed by atoms with van der Waals surface area (Å²) in [5.41, 5.74) is 9.57. The molecule has 2 aromatic rings. The highest BCUT2D eigenvalue weighted by atomic mass is 35.5. The van der Waals surface area contributed by atoms with Crippen molar-refractivity contribution < 1.29 is 0 Å². The molecule has 3 nitrogen and oxygen atoms in total. The molecule has 1 aromatic heterocycles. The van der Waals surface area contributed by atoms with Gasteiger partial charge in [-0.1, -0.05) is 35.4 Å². The van der Waals surface area contributed by atoms with E-state index >= 15 is 0 Å². The summed E-state index contributed by atoms with van der Waals surface area (Å²) in [5.74, 6) is 0.894. The Hall–Kier alpha value is -1.32. The molecule has 94 valence electrons. The lowest BCUT2D eigenvalue weighted by Gasteiger charge is -2.24. The van der Waals surface area contributed by atoms with Crippen molar-refractivity contribution in [1.29, 1.82) is 0 Å². The number of aryl methyl sites for hydroxylation is 1. The molecule has 0 bridgehead atoms. The lowest BCUT2D eigenvalue weighted by atomic mass is 10.1. The second kappa shape index (κ2) is 4.41. The molecule has 0 saturated carbocycles. The van der Waals surface area contributed by atoms with Gasteiger partial charge in [0, 0.05) is 5.56 Å². The van der Waals surface area contributed by atoms with Crippen molar-refractivity contribution in [3.63, 3.8) is 0 Å². The number of fused-ring (bicyclic) bond motifs is 1. The fourth-order valence-electron chi connectivity index (χ4n) is 2.61. The van der Waals surface area contributed by atoms with Gasteiger partial charge in [0.25, 0.3) is 0 Å². The van der Waals surface area contributed by atoms with Crippen LogP contribution in [0, 0.1) is 6.92 Å². The van der Waals surface area contributed by atoms with Gasteiger partial charge in [0.05, 0.1) is 11.9 Å². The molecule has 1 aliphatic rings. The number of imidazole rings is 1. The molecule has 18 heavy (non-hydrogen) atoms. The summed E-state index contributed by atoms with van der Waals surface area (Å²) in [6, 6.07) is 8.28. The second-order valence-corrected chi connectivity index (χ2v) is 5.23. The highest BCUT2D eigenvalue weighted by molar-refractivity contribution is 6.30. The number of hydrogen-bond acceptors (Lipinski definition) is 2. The summed E-state index contributed by atoms with van der Waals surface area (Å²) in [5, 5.41) is 0.599. The summed E-state index contributed by atoms with van der Waals surface area (Å²) in [6.07, 6.45) is 3.02. The Kier molecular flexibility index (Phi) is 2.88. The maximum atomic E-state index is 6.23. The number of aromatic nitrogens is 2. The Bertz CT molecular complexity index is 589. The van der Waals surface area contributed by atoms with Gasteiger partial charge < -0.3 is 10.3 Å². The monoisotopic (exact) mass is 261 g/mol. The zero-order valence-corrected chi connectivity index (χ0v) is 11.1. The molecule has 1 aromatic carbocycles. The third-order valence-corrected chi connectivity index (χ3v) is 3.79. The van der Waals surface area contributed by atoms with Crippen LogP contribution in [0.5, 0.6) is 0 Å². The van der Waals surface area contributed by atoms with Crippen LogP contribution in [0.4, 0.5) is 0 Å². The van der Waals surface area contributed by atoms with Crippen molar-refractivity contribution in [3.05, 3.63) is 40.7 Å². The lowest BCUT2D eigenvalue weighted by molar-refractivity contribution is 0.418. The van der Waals surface area contributed by atoms with Crippen LogP contribution in [-0.4, -0.2) is 9.55 Å². The normalized spacial score (nSPS) is 18.7. The highest BCUT2D eigenvalue weighted by Gasteiger charge is 2.24. The molecular weight excluding hydrogens is 246 g/mol. The van der Waals surface area contributed by atoms with Crippen molar-refractivity contribution in [2.75, 3.05) is 0 Å². The van der Waals surface area contributed by atoms with E-state index in [9.17, 15) is 0 Å². The van der Waals surface area contributed by atoms with Gasteiger partial charge in [-0.25, -0.2) is 4.98 Å². The van der Waals surface area contributed by atoms with Gasteiger partial charge in [0.1, 0.15) is 5.82 Å². The zero-order chi connectivity index (χ0) is 12.7. The van der Waals surface area contributed by atoms with E-state index in [2.05, 4.69) is 34.7 Å². The molecule has 0 aliphatic carbocycles. The lowest BCUT2D eigenvalue weighted by Crippen LogP contribution is -2.25. The molecule has 4 heteroatoms. The van der Waals surface area contributed by atoms with Gasteiger partial charge in [-0.15, -0.1) is 0 Å². The molecule has 0 radical (unpaired) electrons. The standard InChI is InChI=1S/C14H16ClN3/c1-9-4-2-5-10(8-9)14-17-13(15)11-6-3-7-12(16)18(11)14/h2,4-5,8,12H,3,6-7,16H2,1H3. The van der Waals surface area contributed by atoms with E-state index in [0.29, 0.717) is 5.15 Å². The predicted octanol–water partition coefficient (Wildman–Crippen LogP) is 3.31. The minimum atomic E-state index is -0.00994. The Morgan fingerprint density at radius 3 is 3.06 bits per heavy atom. The van der Waals surface area contributed by atoms with Gasteiger partial charge >= 0.3 is 0 Å². The van der Waals surface area contributed by atoms with Crippen LogP contribution in [0.25, 0.3) is 11.4 Å². The second-order valence-electron chi connectivity index (χ2n) is 4.87. The number of benzene rings is 1. The van der Waals surface area contributed by atoms with E-state index in [4.69, 9.17) is 17.3 Å². The molecular formula is C14H16ClN3. The molecule has 1 unspecified atom stereocenters. The number of halogens is 1. The first-order valence-corrected chi connectivity index (χ1v) is 6.64. The SMILES string of the molecule is Cc1cccc(-c2nc(Cl)c3n2C(N)CCC3)c1. The van der Waals surface area contributed by atoms with Crippen LogP contribution in [0.3, 0.4) is 0 Å². The fraction of sp³-hybridized carbons (Fsp3) is 0.357. The largest absolute Gasteiger partial charge is 0.311 e. The number of hydrogen-bond donors (Lipinski definition) is 1. The molecule has 0 saturated heterocycles. The van der Waals surface area contributed by atoms with Crippen molar-refractivity contribution >= 4 is 11.6 Å². The summed E-state index contributed by atoms with van der Waals surface area (Å²) >= 11 is 6.23. The van der Waals surface area contributed by atoms with Gasteiger partial charge in [-0.2, -0.15) is 0 Å². The molecule has 1 aliphatic heterocycles. The topological polar surface area (TPSA) is 43.8 Å². The minimum Gasteiger partial charge on any atom is -0.311 e. The summed E-state index contributed by atoms with van der Waals surface area (Å²) in [7, 11) is 0. The van der Waals surface area contributed by atoms with Crippen LogP contribution in [0.1, 0.15) is 30.3 Å². The summed E-state index contributed by atoms with van der Waals surface area (Å²) < 4.78 is 2.10. The maximum Gasteiger partial charge on any atom is 0.151 e. The van der Waals surface area contributed by atoms with Crippen molar-refractivity contribution in [2.24, 2.45) is 5.73 Å². The molecule has 2 N–H and O–H groups in total. The first kappa shape index (κ1) is 11.8. The molecule has 0 fully saturated rings. The van der Waals surface area contributed by atoms with Crippen LogP contribution in [0.2, 0.25) is 5.15 Å². The first-order valence-electron chi connectivity index (χ1n) is 6.26. The van der Waals surface area contributed by atoms with Crippen LogP contribution < -0.4 is 5.73 Å². The molecule has 0 amide bonds. The van der Waals surface area contributed by atoms with E-state index < -0.39 is 0 Å². The summed E-state index contributed by atoms with van der Waals surface area (Å²) in [4.78, 5) is 4.50. The minimum absolute atomic E-state index is 0.00994.